The molecule has 1 aromatic carbocycles. The van der Waals surface area contributed by atoms with Gasteiger partial charge in [0.25, 0.3) is 0 Å². The first kappa shape index (κ1) is 16.1. The Bertz CT molecular complexity index is 465. The Kier molecular flexibility index (Phi) is 5.08. The number of rotatable bonds is 5. The lowest BCUT2D eigenvalue weighted by atomic mass is 10.1. The van der Waals surface area contributed by atoms with Crippen LogP contribution in [0, 0.1) is 0 Å². The average molecular weight is 294 g/mol. The van der Waals surface area contributed by atoms with Gasteiger partial charge in [-0.05, 0) is 32.9 Å². The van der Waals surface area contributed by atoms with Crippen molar-refractivity contribution >= 4 is 5.69 Å². The normalized spacial score (nSPS) is 23.7. The van der Waals surface area contributed by atoms with Crippen molar-refractivity contribution < 1.29 is 14.6 Å². The lowest BCUT2D eigenvalue weighted by molar-refractivity contribution is -0.134. The number of nitrogens with two attached hydrogens (primary N) is 1. The predicted octanol–water partition coefficient (Wildman–Crippen LogP) is 1.51. The first-order chi connectivity index (χ1) is 9.85. The summed E-state index contributed by atoms with van der Waals surface area (Å²) < 4.78 is 11.4. The molecule has 0 aliphatic carbocycles. The molecule has 118 valence electrons. The Labute approximate surface area is 126 Å². The third-order valence-electron chi connectivity index (χ3n) is 3.46. The number of hydrogen-bond donors (Lipinski definition) is 2. The van der Waals surface area contributed by atoms with Crippen LogP contribution >= 0.6 is 0 Å². The van der Waals surface area contributed by atoms with Crippen LogP contribution in [0.15, 0.2) is 24.3 Å². The van der Waals surface area contributed by atoms with Gasteiger partial charge in [0.15, 0.2) is 0 Å². The van der Waals surface area contributed by atoms with E-state index in [2.05, 4.69) is 25.7 Å². The van der Waals surface area contributed by atoms with Crippen LogP contribution in [0.25, 0.3) is 0 Å². The van der Waals surface area contributed by atoms with Gasteiger partial charge >= 0.3 is 0 Å². The van der Waals surface area contributed by atoms with Crippen LogP contribution in [-0.2, 0) is 4.74 Å². The molecule has 1 aliphatic rings. The summed E-state index contributed by atoms with van der Waals surface area (Å²) in [6, 6.07) is 7.32. The molecule has 0 aromatic heterocycles. The van der Waals surface area contributed by atoms with Crippen molar-refractivity contribution in [3.8, 4) is 5.75 Å². The fraction of sp³-hybridized carbons (Fsp3) is 0.625. The van der Waals surface area contributed by atoms with E-state index in [-0.39, 0.29) is 18.3 Å². The van der Waals surface area contributed by atoms with Crippen molar-refractivity contribution in [1.29, 1.82) is 0 Å². The number of aliphatic hydroxyl groups is 1. The summed E-state index contributed by atoms with van der Waals surface area (Å²) >= 11 is 0. The highest BCUT2D eigenvalue weighted by Gasteiger charge is 2.32. The molecule has 21 heavy (non-hydrogen) atoms. The zero-order chi connectivity index (χ0) is 15.5. The Morgan fingerprint density at radius 3 is 2.86 bits per heavy atom. The molecular weight excluding hydrogens is 268 g/mol. The second kappa shape index (κ2) is 6.64. The van der Waals surface area contributed by atoms with Crippen molar-refractivity contribution in [3.05, 3.63) is 24.3 Å². The molecule has 5 nitrogen and oxygen atoms in total. The number of β-amino-alcohol motifs (C(OH)–C–C–N with tert-alkyl or cyclic N) is 1. The molecule has 1 heterocycles. The molecule has 0 amide bonds. The maximum atomic E-state index is 10.2. The highest BCUT2D eigenvalue weighted by atomic mass is 16.5. The van der Waals surface area contributed by atoms with Gasteiger partial charge in [-0.25, -0.2) is 0 Å². The Hall–Kier alpha value is -1.30. The number of morpholine rings is 1. The van der Waals surface area contributed by atoms with E-state index >= 15 is 0 Å². The minimum atomic E-state index is -0.550. The SMILES string of the molecule is CC1CN(CC(O)COc2ccccc2N)CC(C)(C)O1. The smallest absolute Gasteiger partial charge is 0.142 e. The number of para-hydroxylation sites is 2. The Morgan fingerprint density at radius 1 is 1.48 bits per heavy atom. The fourth-order valence-electron chi connectivity index (χ4n) is 2.87. The molecule has 2 unspecified atom stereocenters. The van der Waals surface area contributed by atoms with Gasteiger partial charge in [-0.2, -0.15) is 0 Å². The summed E-state index contributed by atoms with van der Waals surface area (Å²) in [6.45, 7) is 8.65. The molecule has 1 aromatic rings. The van der Waals surface area contributed by atoms with E-state index in [4.69, 9.17) is 15.2 Å². The van der Waals surface area contributed by atoms with Gasteiger partial charge in [0.05, 0.1) is 17.4 Å². The summed E-state index contributed by atoms with van der Waals surface area (Å²) in [5, 5.41) is 10.2. The summed E-state index contributed by atoms with van der Waals surface area (Å²) in [7, 11) is 0. The highest BCUT2D eigenvalue weighted by molar-refractivity contribution is 5.51. The third-order valence-corrected chi connectivity index (χ3v) is 3.46. The number of benzene rings is 1. The molecule has 0 bridgehead atoms. The van der Waals surface area contributed by atoms with Crippen LogP contribution < -0.4 is 10.5 Å². The number of anilines is 1. The number of hydrogen-bond acceptors (Lipinski definition) is 5. The van der Waals surface area contributed by atoms with E-state index < -0.39 is 6.10 Å². The van der Waals surface area contributed by atoms with Gasteiger partial charge < -0.3 is 20.3 Å². The van der Waals surface area contributed by atoms with E-state index in [1.54, 1.807) is 6.07 Å². The molecule has 5 heteroatoms. The zero-order valence-corrected chi connectivity index (χ0v) is 13.1. The molecular formula is C16H26N2O3. The van der Waals surface area contributed by atoms with Crippen molar-refractivity contribution in [3.63, 3.8) is 0 Å². The second-order valence-electron chi connectivity index (χ2n) is 6.38. The van der Waals surface area contributed by atoms with Crippen LogP contribution in [0.2, 0.25) is 0 Å². The minimum Gasteiger partial charge on any atom is -0.489 e. The molecule has 1 aliphatic heterocycles. The number of nitrogen functional groups attached to an aromatic ring is 1. The molecule has 1 saturated heterocycles. The van der Waals surface area contributed by atoms with Crippen molar-refractivity contribution in [2.24, 2.45) is 0 Å². The molecule has 0 saturated carbocycles. The standard InChI is InChI=1S/C16H26N2O3/c1-12-8-18(11-16(2,3)21-12)9-13(19)10-20-15-7-5-4-6-14(15)17/h4-7,12-13,19H,8-11,17H2,1-3H3. The van der Waals surface area contributed by atoms with Crippen molar-refractivity contribution in [1.82, 2.24) is 4.90 Å². The van der Waals surface area contributed by atoms with Gasteiger partial charge in [-0.15, -0.1) is 0 Å². The van der Waals surface area contributed by atoms with Gasteiger partial charge in [-0.3, -0.25) is 4.90 Å². The van der Waals surface area contributed by atoms with E-state index in [0.717, 1.165) is 13.1 Å². The maximum absolute atomic E-state index is 10.2. The van der Waals surface area contributed by atoms with E-state index in [9.17, 15) is 5.11 Å². The van der Waals surface area contributed by atoms with Crippen LogP contribution in [0.5, 0.6) is 5.75 Å². The lowest BCUT2D eigenvalue weighted by Crippen LogP contribution is -2.53. The quantitative estimate of drug-likeness (QED) is 0.806. The van der Waals surface area contributed by atoms with E-state index in [1.165, 1.54) is 0 Å². The highest BCUT2D eigenvalue weighted by Crippen LogP contribution is 2.22. The molecule has 2 atom stereocenters. The lowest BCUT2D eigenvalue weighted by Gasteiger charge is -2.42. The number of nitrogens with zero attached hydrogens (tertiary/aromatic N) is 1. The summed E-state index contributed by atoms with van der Waals surface area (Å²) in [6.07, 6.45) is -0.377. The largest absolute Gasteiger partial charge is 0.489 e. The topological polar surface area (TPSA) is 68.0 Å². The molecule has 0 radical (unpaired) electrons. The van der Waals surface area contributed by atoms with Crippen molar-refractivity contribution in [2.75, 3.05) is 32.0 Å². The van der Waals surface area contributed by atoms with E-state index in [0.29, 0.717) is 18.0 Å². The summed E-state index contributed by atoms with van der Waals surface area (Å²) in [4.78, 5) is 2.22. The summed E-state index contributed by atoms with van der Waals surface area (Å²) in [5.74, 6) is 0.618. The monoisotopic (exact) mass is 294 g/mol. The van der Waals surface area contributed by atoms with Crippen LogP contribution in [0.4, 0.5) is 5.69 Å². The van der Waals surface area contributed by atoms with Gasteiger partial charge in [0, 0.05) is 19.6 Å². The third kappa shape index (κ3) is 4.88. The summed E-state index contributed by atoms with van der Waals surface area (Å²) in [5.41, 5.74) is 6.22. The molecule has 2 rings (SSSR count). The average Bonchev–Trinajstić information content (AvgIpc) is 2.35. The van der Waals surface area contributed by atoms with Crippen LogP contribution in [0.1, 0.15) is 20.8 Å². The number of aliphatic hydroxyl groups excluding tert-OH is 1. The van der Waals surface area contributed by atoms with Gasteiger partial charge in [0.1, 0.15) is 18.5 Å². The number of ether oxygens (including phenoxy) is 2. The van der Waals surface area contributed by atoms with Gasteiger partial charge in [0.2, 0.25) is 0 Å². The molecule has 3 N–H and O–H groups in total. The Morgan fingerprint density at radius 2 is 2.19 bits per heavy atom. The minimum absolute atomic E-state index is 0.173. The first-order valence-corrected chi connectivity index (χ1v) is 7.41. The van der Waals surface area contributed by atoms with Crippen molar-refractivity contribution in [2.45, 2.75) is 38.6 Å². The van der Waals surface area contributed by atoms with Gasteiger partial charge in [-0.1, -0.05) is 12.1 Å². The van der Waals surface area contributed by atoms with Crippen LogP contribution in [-0.4, -0.2) is 54.1 Å². The van der Waals surface area contributed by atoms with E-state index in [1.807, 2.05) is 18.2 Å². The molecule has 0 spiro atoms. The Balaban J connectivity index is 1.82. The fourth-order valence-corrected chi connectivity index (χ4v) is 2.87. The zero-order valence-electron chi connectivity index (χ0n) is 13.1. The second-order valence-corrected chi connectivity index (χ2v) is 6.38. The predicted molar refractivity (Wildman–Crippen MR) is 83.4 cm³/mol. The molecule has 1 fully saturated rings. The maximum Gasteiger partial charge on any atom is 0.142 e. The van der Waals surface area contributed by atoms with Crippen LogP contribution in [0.3, 0.4) is 0 Å². The first-order valence-electron chi connectivity index (χ1n) is 7.41.